The molecule has 1 aliphatic heterocycles. The van der Waals surface area contributed by atoms with Crippen molar-refractivity contribution in [3.05, 3.63) is 95.7 Å². The lowest BCUT2D eigenvalue weighted by Crippen LogP contribution is -2.66. The summed E-state index contributed by atoms with van der Waals surface area (Å²) < 4.78 is 25.2. The molecule has 33 heavy (non-hydrogen) atoms. The van der Waals surface area contributed by atoms with Crippen LogP contribution in [0.25, 0.3) is 0 Å². The maximum atomic E-state index is 13.3. The summed E-state index contributed by atoms with van der Waals surface area (Å²) in [4.78, 5) is 31.2. The Bertz CT molecular complexity index is 1220. The fourth-order valence-corrected chi connectivity index (χ4v) is 5.83. The van der Waals surface area contributed by atoms with E-state index in [1.165, 1.54) is 6.20 Å². The predicted molar refractivity (Wildman–Crippen MR) is 126 cm³/mol. The highest BCUT2D eigenvalue weighted by molar-refractivity contribution is 7.91. The van der Waals surface area contributed by atoms with E-state index in [0.29, 0.717) is 5.56 Å². The summed E-state index contributed by atoms with van der Waals surface area (Å²) in [5.74, 6) is -1.83. The molecule has 1 aliphatic rings. The lowest BCUT2D eigenvalue weighted by atomic mass is 9.86. The van der Waals surface area contributed by atoms with Crippen LogP contribution < -0.4 is 5.73 Å². The SMILES string of the molecule is CS(=O)(=O)[C@@H]1[C@@H](Cc2ccnc(N)c2)C(=O)N1C(=O)CC(c1ccccc1)c1ccccc1. The number of β-lactam (4-membered cyclic amide) rings is 1. The van der Waals surface area contributed by atoms with E-state index in [0.717, 1.165) is 22.3 Å². The number of amides is 2. The topological polar surface area (TPSA) is 110 Å². The fourth-order valence-electron chi connectivity index (χ4n) is 4.41. The van der Waals surface area contributed by atoms with Crippen molar-refractivity contribution in [2.24, 2.45) is 5.92 Å². The van der Waals surface area contributed by atoms with Gasteiger partial charge >= 0.3 is 0 Å². The molecule has 0 bridgehead atoms. The third-order valence-corrected chi connectivity index (χ3v) is 7.36. The highest BCUT2D eigenvalue weighted by atomic mass is 32.2. The summed E-state index contributed by atoms with van der Waals surface area (Å²) in [7, 11) is -3.70. The van der Waals surface area contributed by atoms with E-state index < -0.39 is 32.9 Å². The third kappa shape index (κ3) is 4.80. The molecule has 0 unspecified atom stereocenters. The minimum absolute atomic E-state index is 0.0132. The van der Waals surface area contributed by atoms with Gasteiger partial charge in [-0.3, -0.25) is 14.5 Å². The number of pyridine rings is 1. The molecule has 2 aromatic carbocycles. The number of aromatic nitrogens is 1. The van der Waals surface area contributed by atoms with Crippen LogP contribution in [-0.2, 0) is 25.8 Å². The Kier molecular flexibility index (Phi) is 6.29. The van der Waals surface area contributed by atoms with Gasteiger partial charge in [0.15, 0.2) is 15.2 Å². The number of carbonyl (C=O) groups excluding carboxylic acids is 2. The van der Waals surface area contributed by atoms with E-state index in [9.17, 15) is 18.0 Å². The predicted octanol–water partition coefficient (Wildman–Crippen LogP) is 2.78. The normalized spacial score (nSPS) is 18.2. The lowest BCUT2D eigenvalue weighted by molar-refractivity contribution is -0.161. The summed E-state index contributed by atoms with van der Waals surface area (Å²) in [6, 6.07) is 22.3. The maximum absolute atomic E-state index is 13.3. The van der Waals surface area contributed by atoms with Gasteiger partial charge in [0.1, 0.15) is 5.82 Å². The van der Waals surface area contributed by atoms with Crippen LogP contribution in [0.15, 0.2) is 79.0 Å². The number of likely N-dealkylation sites (tertiary alicyclic amines) is 1. The van der Waals surface area contributed by atoms with Crippen molar-refractivity contribution in [3.8, 4) is 0 Å². The fraction of sp³-hybridized carbons (Fsp3) is 0.240. The molecule has 1 saturated heterocycles. The molecule has 8 heteroatoms. The molecular formula is C25H25N3O4S. The number of anilines is 1. The number of sulfone groups is 1. The number of nitrogens with two attached hydrogens (primary N) is 1. The Balaban J connectivity index is 1.60. The first kappa shape index (κ1) is 22.7. The van der Waals surface area contributed by atoms with Gasteiger partial charge in [-0.25, -0.2) is 13.4 Å². The molecule has 3 aromatic rings. The van der Waals surface area contributed by atoms with Gasteiger partial charge in [-0.1, -0.05) is 60.7 Å². The van der Waals surface area contributed by atoms with E-state index in [4.69, 9.17) is 5.73 Å². The van der Waals surface area contributed by atoms with Gasteiger partial charge in [0, 0.05) is 24.8 Å². The second-order valence-electron chi connectivity index (χ2n) is 8.30. The molecule has 2 atom stereocenters. The molecule has 4 rings (SSSR count). The Hall–Kier alpha value is -3.52. The molecule has 0 aliphatic carbocycles. The van der Waals surface area contributed by atoms with Crippen molar-refractivity contribution in [1.82, 2.24) is 9.88 Å². The van der Waals surface area contributed by atoms with Crippen molar-refractivity contribution >= 4 is 27.5 Å². The van der Waals surface area contributed by atoms with Crippen LogP contribution in [0.4, 0.5) is 5.82 Å². The summed E-state index contributed by atoms with van der Waals surface area (Å²) >= 11 is 0. The second kappa shape index (κ2) is 9.15. The zero-order valence-corrected chi connectivity index (χ0v) is 19.0. The number of hydrogen-bond acceptors (Lipinski definition) is 6. The molecule has 1 aromatic heterocycles. The molecule has 0 spiro atoms. The monoisotopic (exact) mass is 463 g/mol. The summed E-state index contributed by atoms with van der Waals surface area (Å²) in [6.45, 7) is 0. The van der Waals surface area contributed by atoms with Crippen LogP contribution in [0.2, 0.25) is 0 Å². The minimum atomic E-state index is -3.70. The second-order valence-corrected chi connectivity index (χ2v) is 10.4. The zero-order valence-electron chi connectivity index (χ0n) is 18.2. The zero-order chi connectivity index (χ0) is 23.6. The average molecular weight is 464 g/mol. The minimum Gasteiger partial charge on any atom is -0.384 e. The maximum Gasteiger partial charge on any atom is 0.236 e. The third-order valence-electron chi connectivity index (χ3n) is 5.94. The number of hydrogen-bond donors (Lipinski definition) is 1. The van der Waals surface area contributed by atoms with Crippen LogP contribution in [0.3, 0.4) is 0 Å². The Morgan fingerprint density at radius 1 is 1.03 bits per heavy atom. The van der Waals surface area contributed by atoms with Crippen LogP contribution in [0, 0.1) is 5.92 Å². The number of carbonyl (C=O) groups is 2. The van der Waals surface area contributed by atoms with Crippen LogP contribution in [0.5, 0.6) is 0 Å². The summed E-state index contributed by atoms with van der Waals surface area (Å²) in [6.07, 6.45) is 2.73. The number of imide groups is 1. The van der Waals surface area contributed by atoms with Gasteiger partial charge in [0.05, 0.1) is 5.92 Å². The van der Waals surface area contributed by atoms with Crippen molar-refractivity contribution in [3.63, 3.8) is 0 Å². The first-order valence-electron chi connectivity index (χ1n) is 10.6. The number of nitrogens with zero attached hydrogens (tertiary/aromatic N) is 2. The highest BCUT2D eigenvalue weighted by Gasteiger charge is 2.55. The first-order chi connectivity index (χ1) is 15.8. The van der Waals surface area contributed by atoms with Gasteiger partial charge in [0.25, 0.3) is 0 Å². The Morgan fingerprint density at radius 2 is 1.61 bits per heavy atom. The molecule has 2 amide bonds. The van der Waals surface area contributed by atoms with E-state index >= 15 is 0 Å². The standard InChI is InChI=1S/C25H25N3O4S/c1-33(31,32)25-21(14-17-12-13-27-22(26)15-17)24(30)28(25)23(29)16-20(18-8-4-2-5-9-18)19-10-6-3-7-11-19/h2-13,15,20-21,25H,14,16H2,1H3,(H2,26,27)/t21-,25+/m0/s1. The Labute approximate surface area is 193 Å². The van der Waals surface area contributed by atoms with Crippen molar-refractivity contribution in [2.75, 3.05) is 12.0 Å². The molecule has 0 saturated carbocycles. The van der Waals surface area contributed by atoms with Gasteiger partial charge < -0.3 is 5.73 Å². The van der Waals surface area contributed by atoms with E-state index in [2.05, 4.69) is 4.98 Å². The quantitative estimate of drug-likeness (QED) is 0.540. The van der Waals surface area contributed by atoms with E-state index in [1.54, 1.807) is 12.1 Å². The van der Waals surface area contributed by atoms with Crippen LogP contribution in [0.1, 0.15) is 29.0 Å². The van der Waals surface area contributed by atoms with Crippen molar-refractivity contribution in [1.29, 1.82) is 0 Å². The largest absolute Gasteiger partial charge is 0.384 e. The number of nitrogen functional groups attached to an aromatic ring is 1. The van der Waals surface area contributed by atoms with Gasteiger partial charge in [-0.2, -0.15) is 0 Å². The lowest BCUT2D eigenvalue weighted by Gasteiger charge is -2.44. The number of benzene rings is 2. The van der Waals surface area contributed by atoms with Gasteiger partial charge in [-0.15, -0.1) is 0 Å². The van der Waals surface area contributed by atoms with Crippen molar-refractivity contribution < 1.29 is 18.0 Å². The average Bonchev–Trinajstić information content (AvgIpc) is 2.79. The summed E-state index contributed by atoms with van der Waals surface area (Å²) in [5, 5.41) is -1.20. The molecule has 170 valence electrons. The molecule has 7 nitrogen and oxygen atoms in total. The molecule has 0 radical (unpaired) electrons. The molecule has 2 heterocycles. The van der Waals surface area contributed by atoms with E-state index in [-0.39, 0.29) is 24.6 Å². The van der Waals surface area contributed by atoms with E-state index in [1.807, 2.05) is 60.7 Å². The number of rotatable bonds is 7. The smallest absolute Gasteiger partial charge is 0.236 e. The first-order valence-corrected chi connectivity index (χ1v) is 12.6. The van der Waals surface area contributed by atoms with Crippen LogP contribution in [-0.4, -0.2) is 41.7 Å². The van der Waals surface area contributed by atoms with Gasteiger partial charge in [-0.05, 0) is 35.2 Å². The highest BCUT2D eigenvalue weighted by Crippen LogP contribution is 2.36. The van der Waals surface area contributed by atoms with Gasteiger partial charge in [0.2, 0.25) is 11.8 Å². The van der Waals surface area contributed by atoms with Crippen LogP contribution >= 0.6 is 0 Å². The molecular weight excluding hydrogens is 438 g/mol. The van der Waals surface area contributed by atoms with Crippen molar-refractivity contribution in [2.45, 2.75) is 24.1 Å². The summed E-state index contributed by atoms with van der Waals surface area (Å²) in [5.41, 5.74) is 8.25. The molecule has 1 fully saturated rings. The Morgan fingerprint density at radius 3 is 2.12 bits per heavy atom. The molecule has 2 N–H and O–H groups in total.